The summed E-state index contributed by atoms with van der Waals surface area (Å²) in [5, 5.41) is 17.2. The summed E-state index contributed by atoms with van der Waals surface area (Å²) in [6.45, 7) is 8.82. The zero-order chi connectivity index (χ0) is 13.8. The molecule has 2 N–H and O–H groups in total. The number of hydrogen-bond acceptors (Lipinski definition) is 3. The number of rotatable bonds is 5. The van der Waals surface area contributed by atoms with E-state index < -0.39 is 0 Å². The maximum atomic E-state index is 9.29. The van der Waals surface area contributed by atoms with Crippen LogP contribution >= 0.6 is 0 Å². The maximum absolute atomic E-state index is 9.29. The van der Waals surface area contributed by atoms with Gasteiger partial charge in [0.2, 0.25) is 0 Å². The first-order valence-electron chi connectivity index (χ1n) is 6.63. The Hall–Kier alpha value is -1.81. The van der Waals surface area contributed by atoms with Gasteiger partial charge >= 0.3 is 0 Å². The highest BCUT2D eigenvalue weighted by molar-refractivity contribution is 5.28. The standard InChI is InChI=1S/C15H21N3O/c1-4-16-9-15-11(2)17-18(12(15)3)10-13-5-7-14(19)8-6-13/h5-8,16,19H,4,9-10H2,1-3H3. The topological polar surface area (TPSA) is 50.1 Å². The lowest BCUT2D eigenvalue weighted by molar-refractivity contribution is 0.475. The Bertz CT molecular complexity index is 543. The number of nitrogens with one attached hydrogen (secondary N) is 1. The number of aromatic hydroxyl groups is 1. The molecule has 0 aliphatic carbocycles. The summed E-state index contributed by atoms with van der Waals surface area (Å²) in [5.74, 6) is 0.296. The smallest absolute Gasteiger partial charge is 0.115 e. The Morgan fingerprint density at radius 3 is 2.53 bits per heavy atom. The van der Waals surface area contributed by atoms with Gasteiger partial charge in [-0.25, -0.2) is 0 Å². The predicted molar refractivity (Wildman–Crippen MR) is 76.3 cm³/mol. The highest BCUT2D eigenvalue weighted by Crippen LogP contribution is 2.16. The van der Waals surface area contributed by atoms with Crippen LogP contribution in [0.15, 0.2) is 24.3 Å². The van der Waals surface area contributed by atoms with Gasteiger partial charge in [0.05, 0.1) is 12.2 Å². The van der Waals surface area contributed by atoms with Gasteiger partial charge in [-0.1, -0.05) is 19.1 Å². The van der Waals surface area contributed by atoms with Crippen molar-refractivity contribution < 1.29 is 5.11 Å². The van der Waals surface area contributed by atoms with E-state index in [1.165, 1.54) is 11.3 Å². The lowest BCUT2D eigenvalue weighted by Gasteiger charge is -2.06. The Balaban J connectivity index is 2.19. The van der Waals surface area contributed by atoms with Gasteiger partial charge in [0.25, 0.3) is 0 Å². The van der Waals surface area contributed by atoms with E-state index in [1.807, 2.05) is 23.7 Å². The summed E-state index contributed by atoms with van der Waals surface area (Å²) in [4.78, 5) is 0. The van der Waals surface area contributed by atoms with Gasteiger partial charge in [-0.05, 0) is 38.1 Å². The van der Waals surface area contributed by atoms with Crippen LogP contribution in [0.1, 0.15) is 29.4 Å². The molecule has 0 saturated carbocycles. The molecule has 19 heavy (non-hydrogen) atoms. The van der Waals surface area contributed by atoms with E-state index in [4.69, 9.17) is 0 Å². The quantitative estimate of drug-likeness (QED) is 0.866. The molecule has 0 fully saturated rings. The Morgan fingerprint density at radius 2 is 1.89 bits per heavy atom. The van der Waals surface area contributed by atoms with Crippen LogP contribution in [-0.2, 0) is 13.1 Å². The van der Waals surface area contributed by atoms with Gasteiger partial charge < -0.3 is 10.4 Å². The lowest BCUT2D eigenvalue weighted by atomic mass is 10.2. The predicted octanol–water partition coefficient (Wildman–Crippen LogP) is 2.36. The molecule has 0 aliphatic heterocycles. The molecule has 2 rings (SSSR count). The minimum atomic E-state index is 0.296. The molecule has 0 saturated heterocycles. The van der Waals surface area contributed by atoms with Crippen LogP contribution < -0.4 is 5.32 Å². The van der Waals surface area contributed by atoms with Crippen LogP contribution in [0.25, 0.3) is 0 Å². The second-order valence-electron chi connectivity index (χ2n) is 4.75. The van der Waals surface area contributed by atoms with Crippen LogP contribution in [0.2, 0.25) is 0 Å². The van der Waals surface area contributed by atoms with Crippen molar-refractivity contribution in [2.24, 2.45) is 0 Å². The van der Waals surface area contributed by atoms with Crippen LogP contribution in [0.5, 0.6) is 5.75 Å². The third-order valence-corrected chi connectivity index (χ3v) is 3.35. The summed E-state index contributed by atoms with van der Waals surface area (Å²) >= 11 is 0. The van der Waals surface area contributed by atoms with E-state index in [0.29, 0.717) is 5.75 Å². The molecule has 102 valence electrons. The van der Waals surface area contributed by atoms with Gasteiger partial charge in [-0.2, -0.15) is 5.10 Å². The molecule has 1 heterocycles. The number of nitrogens with zero attached hydrogens (tertiary/aromatic N) is 2. The number of aryl methyl sites for hydroxylation is 1. The van der Waals surface area contributed by atoms with Crippen molar-refractivity contribution in [1.82, 2.24) is 15.1 Å². The number of benzene rings is 1. The van der Waals surface area contributed by atoms with Crippen molar-refractivity contribution >= 4 is 0 Å². The van der Waals surface area contributed by atoms with Crippen LogP contribution in [0, 0.1) is 13.8 Å². The van der Waals surface area contributed by atoms with Gasteiger partial charge in [0.15, 0.2) is 0 Å². The summed E-state index contributed by atoms with van der Waals surface area (Å²) < 4.78 is 2.02. The Kier molecular flexibility index (Phi) is 4.22. The first kappa shape index (κ1) is 13.6. The van der Waals surface area contributed by atoms with Crippen molar-refractivity contribution in [3.05, 3.63) is 46.8 Å². The van der Waals surface area contributed by atoms with Crippen molar-refractivity contribution in [1.29, 1.82) is 0 Å². The van der Waals surface area contributed by atoms with E-state index in [9.17, 15) is 5.11 Å². The third kappa shape index (κ3) is 3.15. The van der Waals surface area contributed by atoms with Crippen molar-refractivity contribution in [2.75, 3.05) is 6.54 Å². The fourth-order valence-electron chi connectivity index (χ4n) is 2.17. The maximum Gasteiger partial charge on any atom is 0.115 e. The molecule has 4 nitrogen and oxygen atoms in total. The van der Waals surface area contributed by atoms with E-state index in [1.54, 1.807) is 12.1 Å². The number of aromatic nitrogens is 2. The summed E-state index contributed by atoms with van der Waals surface area (Å²) in [6, 6.07) is 7.27. The molecule has 1 aromatic carbocycles. The summed E-state index contributed by atoms with van der Waals surface area (Å²) in [6.07, 6.45) is 0. The molecule has 0 bridgehead atoms. The SMILES string of the molecule is CCNCc1c(C)nn(Cc2ccc(O)cc2)c1C. The normalized spacial score (nSPS) is 10.9. The minimum Gasteiger partial charge on any atom is -0.508 e. The van der Waals surface area contributed by atoms with E-state index >= 15 is 0 Å². The van der Waals surface area contributed by atoms with Gasteiger partial charge in [-0.3, -0.25) is 4.68 Å². The van der Waals surface area contributed by atoms with Crippen LogP contribution in [0.3, 0.4) is 0 Å². The zero-order valence-corrected chi connectivity index (χ0v) is 11.8. The van der Waals surface area contributed by atoms with Crippen LogP contribution in [-0.4, -0.2) is 21.4 Å². The zero-order valence-electron chi connectivity index (χ0n) is 11.8. The van der Waals surface area contributed by atoms with Gasteiger partial charge in [0.1, 0.15) is 5.75 Å². The molecule has 1 aromatic heterocycles. The van der Waals surface area contributed by atoms with Gasteiger partial charge in [0, 0.05) is 17.8 Å². The minimum absolute atomic E-state index is 0.296. The van der Waals surface area contributed by atoms with Crippen molar-refractivity contribution in [3.63, 3.8) is 0 Å². The molecule has 2 aromatic rings. The number of hydrogen-bond donors (Lipinski definition) is 2. The molecule has 0 radical (unpaired) electrons. The first-order valence-corrected chi connectivity index (χ1v) is 6.63. The summed E-state index contributed by atoms with van der Waals surface area (Å²) in [7, 11) is 0. The molecule has 4 heteroatoms. The molecular weight excluding hydrogens is 238 g/mol. The van der Waals surface area contributed by atoms with Crippen molar-refractivity contribution in [2.45, 2.75) is 33.9 Å². The molecule has 0 amide bonds. The number of phenols is 1. The molecule has 0 spiro atoms. The second kappa shape index (κ2) is 5.89. The summed E-state index contributed by atoms with van der Waals surface area (Å²) in [5.41, 5.74) is 4.70. The average Bonchev–Trinajstić information content (AvgIpc) is 2.65. The van der Waals surface area contributed by atoms with Crippen molar-refractivity contribution in [3.8, 4) is 5.75 Å². The largest absolute Gasteiger partial charge is 0.508 e. The second-order valence-corrected chi connectivity index (χ2v) is 4.75. The molecule has 0 unspecified atom stereocenters. The number of phenolic OH excluding ortho intramolecular Hbond substituents is 1. The van der Waals surface area contributed by atoms with Crippen LogP contribution in [0.4, 0.5) is 0 Å². The monoisotopic (exact) mass is 259 g/mol. The molecular formula is C15H21N3O. The first-order chi connectivity index (χ1) is 9.11. The fraction of sp³-hybridized carbons (Fsp3) is 0.400. The van der Waals surface area contributed by atoms with E-state index in [0.717, 1.165) is 30.9 Å². The van der Waals surface area contributed by atoms with E-state index in [-0.39, 0.29) is 0 Å². The van der Waals surface area contributed by atoms with E-state index in [2.05, 4.69) is 24.3 Å². The highest BCUT2D eigenvalue weighted by Gasteiger charge is 2.11. The Morgan fingerprint density at radius 1 is 1.21 bits per heavy atom. The third-order valence-electron chi connectivity index (χ3n) is 3.35. The fourth-order valence-corrected chi connectivity index (χ4v) is 2.17. The molecule has 0 aliphatic rings. The van der Waals surface area contributed by atoms with Gasteiger partial charge in [-0.15, -0.1) is 0 Å². The molecule has 0 atom stereocenters. The lowest BCUT2D eigenvalue weighted by Crippen LogP contribution is -2.13. The highest BCUT2D eigenvalue weighted by atomic mass is 16.3. The Labute approximate surface area is 114 Å². The average molecular weight is 259 g/mol.